The first-order valence-electron chi connectivity index (χ1n) is 8.05. The first-order chi connectivity index (χ1) is 12.5. The molecule has 5 nitrogen and oxygen atoms in total. The predicted octanol–water partition coefficient (Wildman–Crippen LogP) is 3.81. The van der Waals surface area contributed by atoms with E-state index in [-0.39, 0.29) is 24.2 Å². The number of likely N-dealkylation sites (N-methyl/N-ethyl adjacent to an activating group) is 1. The quantitative estimate of drug-likeness (QED) is 0.691. The molecule has 0 aliphatic rings. The van der Waals surface area contributed by atoms with Gasteiger partial charge in [-0.15, -0.1) is 11.3 Å². The lowest BCUT2D eigenvalue weighted by Gasteiger charge is -2.08. The fourth-order valence-electron chi connectivity index (χ4n) is 2.35. The van der Waals surface area contributed by atoms with Crippen LogP contribution < -0.4 is 15.4 Å². The van der Waals surface area contributed by atoms with Crippen LogP contribution in [0.15, 0.2) is 48.5 Å². The summed E-state index contributed by atoms with van der Waals surface area (Å²) in [6, 6.07) is 12.8. The van der Waals surface area contributed by atoms with Crippen molar-refractivity contribution in [1.29, 1.82) is 0 Å². The minimum absolute atomic E-state index is 0.0576. The molecule has 2 aromatic carbocycles. The zero-order chi connectivity index (χ0) is 18.5. The maximum absolute atomic E-state index is 13.3. The minimum atomic E-state index is -0.328. The lowest BCUT2D eigenvalue weighted by molar-refractivity contribution is -0.122. The molecule has 3 rings (SSSR count). The highest BCUT2D eigenvalue weighted by atomic mass is 32.1. The smallest absolute Gasteiger partial charge is 0.265 e. The van der Waals surface area contributed by atoms with Crippen LogP contribution in [0.1, 0.15) is 16.6 Å². The SMILES string of the molecule is CCNC(=O)COc1ccc(NC(=O)c2cc3cc(F)ccc3s2)cc1. The molecule has 0 bridgehead atoms. The zero-order valence-electron chi connectivity index (χ0n) is 14.0. The molecule has 2 N–H and O–H groups in total. The van der Waals surface area contributed by atoms with E-state index in [0.29, 0.717) is 28.2 Å². The largest absolute Gasteiger partial charge is 0.484 e. The van der Waals surface area contributed by atoms with Crippen molar-refractivity contribution >= 4 is 38.9 Å². The summed E-state index contributed by atoms with van der Waals surface area (Å²) >= 11 is 1.30. The Morgan fingerprint density at radius 2 is 1.88 bits per heavy atom. The van der Waals surface area contributed by atoms with Gasteiger partial charge in [0.05, 0.1) is 4.88 Å². The van der Waals surface area contributed by atoms with Gasteiger partial charge in [0.2, 0.25) is 0 Å². The zero-order valence-corrected chi connectivity index (χ0v) is 14.9. The van der Waals surface area contributed by atoms with Gasteiger partial charge < -0.3 is 15.4 Å². The molecule has 1 aromatic heterocycles. The number of hydrogen-bond donors (Lipinski definition) is 2. The highest BCUT2D eigenvalue weighted by molar-refractivity contribution is 7.20. The van der Waals surface area contributed by atoms with E-state index in [2.05, 4.69) is 10.6 Å². The van der Waals surface area contributed by atoms with Crippen molar-refractivity contribution in [3.05, 3.63) is 59.2 Å². The Morgan fingerprint density at radius 1 is 1.12 bits per heavy atom. The maximum Gasteiger partial charge on any atom is 0.265 e. The van der Waals surface area contributed by atoms with E-state index < -0.39 is 0 Å². The summed E-state index contributed by atoms with van der Waals surface area (Å²) in [5, 5.41) is 6.13. The number of fused-ring (bicyclic) bond motifs is 1. The van der Waals surface area contributed by atoms with E-state index in [4.69, 9.17) is 4.74 Å². The highest BCUT2D eigenvalue weighted by Gasteiger charge is 2.11. The van der Waals surface area contributed by atoms with Crippen LogP contribution in [0.5, 0.6) is 5.75 Å². The number of amides is 2. The van der Waals surface area contributed by atoms with Crippen LogP contribution in [0.3, 0.4) is 0 Å². The van der Waals surface area contributed by atoms with Gasteiger partial charge in [0, 0.05) is 16.9 Å². The number of carbonyl (C=O) groups is 2. The maximum atomic E-state index is 13.3. The number of nitrogens with one attached hydrogen (secondary N) is 2. The van der Waals surface area contributed by atoms with Crippen molar-refractivity contribution in [3.8, 4) is 5.75 Å². The molecule has 0 atom stereocenters. The van der Waals surface area contributed by atoms with Gasteiger partial charge in [0.1, 0.15) is 11.6 Å². The summed E-state index contributed by atoms with van der Waals surface area (Å²) in [5.41, 5.74) is 0.601. The van der Waals surface area contributed by atoms with Gasteiger partial charge in [0.15, 0.2) is 6.61 Å². The Kier molecular flexibility index (Phi) is 5.48. The summed E-state index contributed by atoms with van der Waals surface area (Å²) in [6.45, 7) is 2.33. The molecule has 0 fully saturated rings. The lowest BCUT2D eigenvalue weighted by Crippen LogP contribution is -2.28. The third-order valence-corrected chi connectivity index (χ3v) is 4.67. The van der Waals surface area contributed by atoms with E-state index in [1.807, 2.05) is 6.92 Å². The monoisotopic (exact) mass is 372 g/mol. The van der Waals surface area contributed by atoms with Crippen molar-refractivity contribution in [1.82, 2.24) is 5.32 Å². The molecular weight excluding hydrogens is 355 g/mol. The number of anilines is 1. The van der Waals surface area contributed by atoms with Gasteiger partial charge in [-0.05, 0) is 60.8 Å². The van der Waals surface area contributed by atoms with Gasteiger partial charge in [-0.2, -0.15) is 0 Å². The van der Waals surface area contributed by atoms with Gasteiger partial charge in [-0.25, -0.2) is 4.39 Å². The predicted molar refractivity (Wildman–Crippen MR) is 100 cm³/mol. The van der Waals surface area contributed by atoms with Crippen LogP contribution in [0.25, 0.3) is 10.1 Å². The van der Waals surface area contributed by atoms with Crippen molar-refractivity contribution in [3.63, 3.8) is 0 Å². The van der Waals surface area contributed by atoms with Gasteiger partial charge in [0.25, 0.3) is 11.8 Å². The Hall–Kier alpha value is -2.93. The lowest BCUT2D eigenvalue weighted by atomic mass is 10.2. The van der Waals surface area contributed by atoms with Crippen LogP contribution in [-0.2, 0) is 4.79 Å². The third kappa shape index (κ3) is 4.37. The summed E-state index contributed by atoms with van der Waals surface area (Å²) in [6.07, 6.45) is 0. The number of thiophene rings is 1. The molecule has 2 amide bonds. The fraction of sp³-hybridized carbons (Fsp3) is 0.158. The van der Waals surface area contributed by atoms with E-state index >= 15 is 0 Å². The van der Waals surface area contributed by atoms with Gasteiger partial charge in [-0.1, -0.05) is 0 Å². The summed E-state index contributed by atoms with van der Waals surface area (Å²) in [4.78, 5) is 24.2. The van der Waals surface area contributed by atoms with E-state index in [9.17, 15) is 14.0 Å². The topological polar surface area (TPSA) is 67.4 Å². The fourth-order valence-corrected chi connectivity index (χ4v) is 3.29. The van der Waals surface area contributed by atoms with Crippen molar-refractivity contribution in [2.75, 3.05) is 18.5 Å². The van der Waals surface area contributed by atoms with Crippen molar-refractivity contribution in [2.24, 2.45) is 0 Å². The Morgan fingerprint density at radius 3 is 2.62 bits per heavy atom. The third-order valence-electron chi connectivity index (χ3n) is 3.56. The number of hydrogen-bond acceptors (Lipinski definition) is 4. The molecule has 0 radical (unpaired) electrons. The Labute approximate surface area is 153 Å². The van der Waals surface area contributed by atoms with Gasteiger partial charge in [-0.3, -0.25) is 9.59 Å². The number of ether oxygens (including phenoxy) is 1. The second kappa shape index (κ2) is 7.97. The number of carbonyl (C=O) groups excluding carboxylic acids is 2. The normalized spacial score (nSPS) is 10.5. The Balaban J connectivity index is 1.62. The molecule has 26 heavy (non-hydrogen) atoms. The number of halogens is 1. The van der Waals surface area contributed by atoms with Crippen molar-refractivity contribution in [2.45, 2.75) is 6.92 Å². The van der Waals surface area contributed by atoms with Crippen LogP contribution in [0, 0.1) is 5.82 Å². The second-order valence-corrected chi connectivity index (χ2v) is 6.60. The molecule has 134 valence electrons. The molecule has 0 saturated carbocycles. The average Bonchev–Trinajstić information content (AvgIpc) is 3.04. The summed E-state index contributed by atoms with van der Waals surface area (Å²) in [7, 11) is 0. The van der Waals surface area contributed by atoms with E-state index in [1.165, 1.54) is 23.5 Å². The molecule has 3 aromatic rings. The molecule has 0 saturated heterocycles. The summed E-state index contributed by atoms with van der Waals surface area (Å²) in [5.74, 6) is -0.245. The van der Waals surface area contributed by atoms with Gasteiger partial charge >= 0.3 is 0 Å². The average molecular weight is 372 g/mol. The molecule has 0 spiro atoms. The van der Waals surface area contributed by atoms with E-state index in [0.717, 1.165) is 4.70 Å². The molecule has 7 heteroatoms. The molecule has 1 heterocycles. The number of rotatable bonds is 6. The highest BCUT2D eigenvalue weighted by Crippen LogP contribution is 2.27. The number of benzene rings is 2. The van der Waals surface area contributed by atoms with Crippen LogP contribution in [0.4, 0.5) is 10.1 Å². The molecule has 0 aliphatic heterocycles. The standard InChI is InChI=1S/C19H17FN2O3S/c1-2-21-18(23)11-25-15-6-4-14(5-7-15)22-19(24)17-10-12-9-13(20)3-8-16(12)26-17/h3-10H,2,11H2,1H3,(H,21,23)(H,22,24). The van der Waals surface area contributed by atoms with Crippen molar-refractivity contribution < 1.29 is 18.7 Å². The molecule has 0 unspecified atom stereocenters. The first kappa shape index (κ1) is 17.9. The van der Waals surface area contributed by atoms with Crippen LogP contribution in [-0.4, -0.2) is 25.0 Å². The second-order valence-electron chi connectivity index (χ2n) is 5.51. The van der Waals surface area contributed by atoms with E-state index in [1.54, 1.807) is 36.4 Å². The first-order valence-corrected chi connectivity index (χ1v) is 8.87. The minimum Gasteiger partial charge on any atom is -0.484 e. The summed E-state index contributed by atoms with van der Waals surface area (Å²) < 4.78 is 19.5. The Bertz CT molecular complexity index is 938. The molecule has 0 aliphatic carbocycles. The molecular formula is C19H17FN2O3S. The van der Waals surface area contributed by atoms with Crippen LogP contribution >= 0.6 is 11.3 Å². The van der Waals surface area contributed by atoms with Crippen LogP contribution in [0.2, 0.25) is 0 Å².